The van der Waals surface area contributed by atoms with Gasteiger partial charge in [0.1, 0.15) is 6.10 Å². The van der Waals surface area contributed by atoms with Crippen LogP contribution in [-0.4, -0.2) is 25.6 Å². The van der Waals surface area contributed by atoms with E-state index in [0.29, 0.717) is 6.54 Å². The predicted molar refractivity (Wildman–Crippen MR) is 42.1 cm³/mol. The Morgan fingerprint density at radius 3 is 3.00 bits per heavy atom. The molecule has 0 radical (unpaired) electrons. The molecule has 0 amide bonds. The molecule has 1 atom stereocenters. The van der Waals surface area contributed by atoms with Crippen LogP contribution < -0.4 is 5.32 Å². The van der Waals surface area contributed by atoms with E-state index in [1.54, 1.807) is 6.26 Å². The third-order valence-corrected chi connectivity index (χ3v) is 1.69. The summed E-state index contributed by atoms with van der Waals surface area (Å²) in [6, 6.07) is 0. The predicted octanol–water partition coefficient (Wildman–Crippen LogP) is 1.53. The zero-order chi connectivity index (χ0) is 8.81. The van der Waals surface area contributed by atoms with Crippen LogP contribution in [-0.2, 0) is 4.74 Å². The lowest BCUT2D eigenvalue weighted by molar-refractivity contribution is 0.106. The molecule has 70 valence electrons. The van der Waals surface area contributed by atoms with Crippen molar-refractivity contribution in [2.75, 3.05) is 13.1 Å². The maximum absolute atomic E-state index is 11.7. The van der Waals surface area contributed by atoms with E-state index in [1.807, 2.05) is 6.08 Å². The molecule has 1 unspecified atom stereocenters. The molecular formula is C8H13F2NO. The molecule has 0 aromatic rings. The van der Waals surface area contributed by atoms with Crippen molar-refractivity contribution >= 4 is 0 Å². The molecule has 2 nitrogen and oxygen atoms in total. The summed E-state index contributed by atoms with van der Waals surface area (Å²) in [5.74, 6) is 0. The lowest BCUT2D eigenvalue weighted by Crippen LogP contribution is -2.32. The van der Waals surface area contributed by atoms with E-state index in [9.17, 15) is 8.78 Å². The van der Waals surface area contributed by atoms with Crippen LogP contribution in [0.3, 0.4) is 0 Å². The number of hydrogen-bond acceptors (Lipinski definition) is 2. The summed E-state index contributed by atoms with van der Waals surface area (Å²) in [6.07, 6.45) is 3.24. The van der Waals surface area contributed by atoms with Crippen LogP contribution in [0.4, 0.5) is 8.78 Å². The third-order valence-electron chi connectivity index (χ3n) is 1.69. The van der Waals surface area contributed by atoms with E-state index in [4.69, 9.17) is 4.74 Å². The highest BCUT2D eigenvalue weighted by molar-refractivity contribution is 4.82. The molecule has 4 heteroatoms. The van der Waals surface area contributed by atoms with Gasteiger partial charge >= 0.3 is 0 Å². The summed E-state index contributed by atoms with van der Waals surface area (Å²) in [4.78, 5) is 0. The van der Waals surface area contributed by atoms with Crippen LogP contribution in [0.2, 0.25) is 0 Å². The van der Waals surface area contributed by atoms with Gasteiger partial charge in [-0.3, -0.25) is 0 Å². The molecule has 0 saturated heterocycles. The Bertz CT molecular complexity index is 150. The van der Waals surface area contributed by atoms with Gasteiger partial charge in [-0.05, 0) is 18.9 Å². The standard InChI is InChI=1S/C8H13F2NO/c9-8(10)6-11-5-7-3-1-2-4-12-7/h2,4,7-8,11H,1,3,5-6H2. The zero-order valence-corrected chi connectivity index (χ0v) is 6.80. The van der Waals surface area contributed by atoms with E-state index >= 15 is 0 Å². The van der Waals surface area contributed by atoms with Crippen molar-refractivity contribution in [1.29, 1.82) is 0 Å². The van der Waals surface area contributed by atoms with E-state index in [-0.39, 0.29) is 12.6 Å². The van der Waals surface area contributed by atoms with E-state index in [0.717, 1.165) is 12.8 Å². The van der Waals surface area contributed by atoms with Gasteiger partial charge < -0.3 is 10.1 Å². The first-order valence-electron chi connectivity index (χ1n) is 4.08. The van der Waals surface area contributed by atoms with Crippen molar-refractivity contribution in [3.63, 3.8) is 0 Å². The topological polar surface area (TPSA) is 21.3 Å². The first-order chi connectivity index (χ1) is 5.79. The zero-order valence-electron chi connectivity index (χ0n) is 6.80. The number of halogens is 2. The molecule has 0 aliphatic carbocycles. The Hall–Kier alpha value is -0.640. The highest BCUT2D eigenvalue weighted by Crippen LogP contribution is 2.08. The Morgan fingerprint density at radius 2 is 2.42 bits per heavy atom. The molecule has 1 aliphatic heterocycles. The van der Waals surface area contributed by atoms with E-state index in [1.165, 1.54) is 0 Å². The second-order valence-electron chi connectivity index (χ2n) is 2.76. The first-order valence-corrected chi connectivity index (χ1v) is 4.08. The molecule has 0 spiro atoms. The minimum Gasteiger partial charge on any atom is -0.497 e. The quantitative estimate of drug-likeness (QED) is 0.703. The Kier molecular flexibility index (Phi) is 4.00. The van der Waals surface area contributed by atoms with Crippen molar-refractivity contribution < 1.29 is 13.5 Å². The van der Waals surface area contributed by atoms with Gasteiger partial charge in [0.05, 0.1) is 12.8 Å². The average Bonchev–Trinajstić information content (AvgIpc) is 2.05. The largest absolute Gasteiger partial charge is 0.497 e. The highest BCUT2D eigenvalue weighted by Gasteiger charge is 2.10. The summed E-state index contributed by atoms with van der Waals surface area (Å²) in [5.41, 5.74) is 0. The summed E-state index contributed by atoms with van der Waals surface area (Å²) < 4.78 is 28.5. The third kappa shape index (κ3) is 3.67. The van der Waals surface area contributed by atoms with Crippen LogP contribution in [0, 0.1) is 0 Å². The molecule has 1 N–H and O–H groups in total. The van der Waals surface area contributed by atoms with Crippen LogP contribution >= 0.6 is 0 Å². The number of allylic oxidation sites excluding steroid dienone is 1. The SMILES string of the molecule is FC(F)CNCC1CCC=CO1. The maximum Gasteiger partial charge on any atom is 0.250 e. The maximum atomic E-state index is 11.7. The molecule has 1 rings (SSSR count). The lowest BCUT2D eigenvalue weighted by atomic mass is 10.1. The molecule has 12 heavy (non-hydrogen) atoms. The van der Waals surface area contributed by atoms with Gasteiger partial charge in [-0.15, -0.1) is 0 Å². The number of hydrogen-bond donors (Lipinski definition) is 1. The fraction of sp³-hybridized carbons (Fsp3) is 0.750. The molecule has 1 heterocycles. The van der Waals surface area contributed by atoms with Gasteiger partial charge in [-0.25, -0.2) is 8.78 Å². The number of ether oxygens (including phenoxy) is 1. The molecule has 0 aromatic heterocycles. The van der Waals surface area contributed by atoms with Gasteiger partial charge in [-0.2, -0.15) is 0 Å². The Labute approximate surface area is 70.6 Å². The monoisotopic (exact) mass is 177 g/mol. The molecule has 1 aliphatic rings. The normalized spacial score (nSPS) is 22.8. The second-order valence-corrected chi connectivity index (χ2v) is 2.76. The minimum atomic E-state index is -2.27. The number of alkyl halides is 2. The first kappa shape index (κ1) is 9.45. The molecule has 0 fully saturated rings. The van der Waals surface area contributed by atoms with Gasteiger partial charge in [-0.1, -0.05) is 0 Å². The van der Waals surface area contributed by atoms with Crippen molar-refractivity contribution in [2.45, 2.75) is 25.4 Å². The summed E-state index contributed by atoms with van der Waals surface area (Å²) in [7, 11) is 0. The van der Waals surface area contributed by atoms with Crippen LogP contribution in [0.25, 0.3) is 0 Å². The number of rotatable bonds is 4. The fourth-order valence-corrected chi connectivity index (χ4v) is 1.09. The Morgan fingerprint density at radius 1 is 1.58 bits per heavy atom. The van der Waals surface area contributed by atoms with Crippen molar-refractivity contribution in [3.05, 3.63) is 12.3 Å². The van der Waals surface area contributed by atoms with Crippen molar-refractivity contribution in [2.24, 2.45) is 0 Å². The van der Waals surface area contributed by atoms with Crippen molar-refractivity contribution in [1.82, 2.24) is 5.32 Å². The van der Waals surface area contributed by atoms with Crippen LogP contribution in [0.1, 0.15) is 12.8 Å². The van der Waals surface area contributed by atoms with Gasteiger partial charge in [0.15, 0.2) is 0 Å². The molecule has 0 bridgehead atoms. The van der Waals surface area contributed by atoms with Gasteiger partial charge in [0, 0.05) is 6.54 Å². The molecular weight excluding hydrogens is 164 g/mol. The van der Waals surface area contributed by atoms with Crippen molar-refractivity contribution in [3.8, 4) is 0 Å². The van der Waals surface area contributed by atoms with Crippen LogP contribution in [0.15, 0.2) is 12.3 Å². The van der Waals surface area contributed by atoms with Gasteiger partial charge in [0.2, 0.25) is 0 Å². The lowest BCUT2D eigenvalue weighted by Gasteiger charge is -2.19. The molecule has 0 saturated carbocycles. The minimum absolute atomic E-state index is 0.0637. The Balaban J connectivity index is 2.03. The van der Waals surface area contributed by atoms with Crippen LogP contribution in [0.5, 0.6) is 0 Å². The second kappa shape index (κ2) is 5.09. The average molecular weight is 177 g/mol. The van der Waals surface area contributed by atoms with E-state index in [2.05, 4.69) is 5.32 Å². The summed E-state index contributed by atoms with van der Waals surface area (Å²) >= 11 is 0. The smallest absolute Gasteiger partial charge is 0.250 e. The van der Waals surface area contributed by atoms with E-state index < -0.39 is 6.43 Å². The number of nitrogens with one attached hydrogen (secondary N) is 1. The fourth-order valence-electron chi connectivity index (χ4n) is 1.09. The van der Waals surface area contributed by atoms with Gasteiger partial charge in [0.25, 0.3) is 6.43 Å². The molecule has 0 aromatic carbocycles. The summed E-state index contributed by atoms with van der Waals surface area (Å²) in [5, 5.41) is 2.65. The summed E-state index contributed by atoms with van der Waals surface area (Å²) in [6.45, 7) is 0.262. The highest BCUT2D eigenvalue weighted by atomic mass is 19.3.